The molecule has 0 amide bonds. The first-order valence-electron chi connectivity index (χ1n) is 13.3. The Morgan fingerprint density at radius 1 is 1.05 bits per heavy atom. The van der Waals surface area contributed by atoms with Crippen molar-refractivity contribution in [2.75, 3.05) is 44.8 Å². The molecular weight excluding hydrogens is 541 g/mol. The summed E-state index contributed by atoms with van der Waals surface area (Å²) in [5, 5.41) is 12.6. The van der Waals surface area contributed by atoms with Gasteiger partial charge in [0.2, 0.25) is 0 Å². The zero-order valence-corrected chi connectivity index (χ0v) is 21.9. The van der Waals surface area contributed by atoms with Gasteiger partial charge >= 0.3 is 0 Å². The van der Waals surface area contributed by atoms with Gasteiger partial charge in [-0.2, -0.15) is 0 Å². The van der Waals surface area contributed by atoms with Crippen LogP contribution in [-0.2, 0) is 6.42 Å². The van der Waals surface area contributed by atoms with Crippen LogP contribution in [0, 0.1) is 23.3 Å². The van der Waals surface area contributed by atoms with Crippen LogP contribution in [0.25, 0.3) is 10.9 Å². The van der Waals surface area contributed by atoms with E-state index in [1.807, 2.05) is 0 Å². The van der Waals surface area contributed by atoms with Crippen molar-refractivity contribution in [1.29, 1.82) is 0 Å². The highest BCUT2D eigenvalue weighted by Crippen LogP contribution is 2.44. The molecule has 0 radical (unpaired) electrons. The molecule has 0 bridgehead atoms. The molecule has 3 heterocycles. The van der Waals surface area contributed by atoms with Gasteiger partial charge in [0.05, 0.1) is 19.3 Å². The molecule has 2 aliphatic rings. The second-order valence-electron chi connectivity index (χ2n) is 10.8. The highest BCUT2D eigenvalue weighted by atomic mass is 19.3. The number of fused-ring (bicyclic) bond motifs is 3. The number of aliphatic hydroxyl groups is 1. The number of halogens is 7. The molecule has 0 saturated carbocycles. The van der Waals surface area contributed by atoms with Crippen molar-refractivity contribution < 1.29 is 35.8 Å². The molecule has 3 atom stereocenters. The minimum atomic E-state index is -3.57. The SMILES string of the molecule is C[C@H]1Cc2c([nH]c3cc(F)c(F)cc23)[C@H](c2c(F)cc(N[C@H]3CCN(CCCF)C3)cc2F)N1CC(F)(F)CO. The number of nitrogens with zero attached hydrogens (tertiary/aromatic N) is 2. The highest BCUT2D eigenvalue weighted by molar-refractivity contribution is 5.85. The molecular formula is C28H31F7N4O. The normalized spacial score (nSPS) is 22.3. The lowest BCUT2D eigenvalue weighted by molar-refractivity contribution is -0.0869. The highest BCUT2D eigenvalue weighted by Gasteiger charge is 2.43. The van der Waals surface area contributed by atoms with Crippen LogP contribution in [0.4, 0.5) is 36.4 Å². The van der Waals surface area contributed by atoms with Crippen LogP contribution in [0.2, 0.25) is 0 Å². The lowest BCUT2D eigenvalue weighted by Crippen LogP contribution is -2.49. The molecule has 2 aromatic carbocycles. The first-order valence-corrected chi connectivity index (χ1v) is 13.3. The van der Waals surface area contributed by atoms with Crippen LogP contribution in [-0.4, -0.2) is 77.4 Å². The number of benzene rings is 2. The van der Waals surface area contributed by atoms with Gasteiger partial charge in [-0.25, -0.2) is 26.3 Å². The van der Waals surface area contributed by atoms with Gasteiger partial charge in [0.25, 0.3) is 5.92 Å². The van der Waals surface area contributed by atoms with Crippen molar-refractivity contribution in [2.45, 2.75) is 50.2 Å². The zero-order valence-electron chi connectivity index (χ0n) is 21.9. The summed E-state index contributed by atoms with van der Waals surface area (Å²) in [7, 11) is 0. The summed E-state index contributed by atoms with van der Waals surface area (Å²) in [6, 6.07) is 1.94. The second-order valence-corrected chi connectivity index (χ2v) is 10.8. The number of rotatable bonds is 9. The fraction of sp³-hybridized carbons (Fsp3) is 0.500. The molecule has 0 unspecified atom stereocenters. The molecule has 5 nitrogen and oxygen atoms in total. The van der Waals surface area contributed by atoms with Crippen molar-refractivity contribution in [2.24, 2.45) is 0 Å². The van der Waals surface area contributed by atoms with Crippen molar-refractivity contribution in [3.63, 3.8) is 0 Å². The van der Waals surface area contributed by atoms with Gasteiger partial charge in [0.15, 0.2) is 11.6 Å². The quantitative estimate of drug-likeness (QED) is 0.295. The number of nitrogens with one attached hydrogen (secondary N) is 2. The van der Waals surface area contributed by atoms with E-state index in [4.69, 9.17) is 0 Å². The van der Waals surface area contributed by atoms with E-state index in [1.165, 1.54) is 4.90 Å². The topological polar surface area (TPSA) is 54.5 Å². The van der Waals surface area contributed by atoms with Crippen LogP contribution >= 0.6 is 0 Å². The van der Waals surface area contributed by atoms with Gasteiger partial charge in [-0.05, 0) is 49.9 Å². The summed E-state index contributed by atoms with van der Waals surface area (Å²) in [5.41, 5.74) is 0.471. The Bertz CT molecular complexity index is 1360. The fourth-order valence-electron chi connectivity index (χ4n) is 6.03. The van der Waals surface area contributed by atoms with E-state index in [0.29, 0.717) is 36.9 Å². The summed E-state index contributed by atoms with van der Waals surface area (Å²) in [6.45, 7) is 0.613. The molecule has 12 heteroatoms. The Labute approximate surface area is 226 Å². The van der Waals surface area contributed by atoms with Gasteiger partial charge in [-0.3, -0.25) is 9.29 Å². The minimum absolute atomic E-state index is 0.108. The predicted molar refractivity (Wildman–Crippen MR) is 137 cm³/mol. The average Bonchev–Trinajstić information content (AvgIpc) is 3.48. The molecule has 5 rings (SSSR count). The first kappa shape index (κ1) is 28.7. The maximum Gasteiger partial charge on any atom is 0.283 e. The molecule has 1 aromatic heterocycles. The molecule has 0 spiro atoms. The van der Waals surface area contributed by atoms with Crippen LogP contribution in [0.15, 0.2) is 24.3 Å². The van der Waals surface area contributed by atoms with Gasteiger partial charge in [0.1, 0.15) is 18.2 Å². The van der Waals surface area contributed by atoms with Gasteiger partial charge < -0.3 is 20.3 Å². The standard InChI is InChI=1S/C28H31F7N4O/c1-15-7-19-18-10-20(30)21(31)11-24(18)37-26(19)27(39(15)13-28(34,35)14-40)25-22(32)8-17(9-23(25)33)36-16-3-6-38(12-16)5-2-4-29/h8-11,15-16,27,36-37,40H,2-7,12-14H2,1H3/t15-,16-,27-/m0/s1. The monoisotopic (exact) mass is 572 g/mol. The van der Waals surface area contributed by atoms with Crippen LogP contribution in [0.5, 0.6) is 0 Å². The molecule has 1 saturated heterocycles. The maximum atomic E-state index is 15.8. The molecule has 3 N–H and O–H groups in total. The van der Waals surface area contributed by atoms with E-state index < -0.39 is 66.7 Å². The zero-order chi connectivity index (χ0) is 28.8. The number of hydrogen-bond donors (Lipinski definition) is 3. The summed E-state index contributed by atoms with van der Waals surface area (Å²) >= 11 is 0. The van der Waals surface area contributed by atoms with E-state index in [2.05, 4.69) is 15.2 Å². The molecule has 0 aliphatic carbocycles. The van der Waals surface area contributed by atoms with Gasteiger partial charge in [-0.15, -0.1) is 0 Å². The van der Waals surface area contributed by atoms with E-state index in [0.717, 1.165) is 30.8 Å². The van der Waals surface area contributed by atoms with E-state index in [9.17, 15) is 27.1 Å². The minimum Gasteiger partial charge on any atom is -0.390 e. The Kier molecular flexibility index (Phi) is 8.04. The van der Waals surface area contributed by atoms with Crippen molar-refractivity contribution in [3.05, 3.63) is 64.4 Å². The van der Waals surface area contributed by atoms with Crippen molar-refractivity contribution in [1.82, 2.24) is 14.8 Å². The van der Waals surface area contributed by atoms with E-state index in [-0.39, 0.29) is 29.4 Å². The number of aromatic amines is 1. The number of hydrogen-bond acceptors (Lipinski definition) is 4. The average molecular weight is 573 g/mol. The lowest BCUT2D eigenvalue weighted by Gasteiger charge is -2.42. The third-order valence-corrected chi connectivity index (χ3v) is 7.90. The number of anilines is 1. The fourth-order valence-corrected chi connectivity index (χ4v) is 6.03. The lowest BCUT2D eigenvalue weighted by atomic mass is 9.87. The molecule has 1 fully saturated rings. The maximum absolute atomic E-state index is 15.8. The largest absolute Gasteiger partial charge is 0.390 e. The van der Waals surface area contributed by atoms with Crippen LogP contribution in [0.1, 0.15) is 42.6 Å². The second kappa shape index (κ2) is 11.2. The Hall–Kier alpha value is -2.83. The summed E-state index contributed by atoms with van der Waals surface area (Å²) in [5.74, 6) is -7.75. The van der Waals surface area contributed by atoms with Crippen molar-refractivity contribution >= 4 is 16.6 Å². The summed E-state index contributed by atoms with van der Waals surface area (Å²) < 4.78 is 101. The van der Waals surface area contributed by atoms with Gasteiger partial charge in [-0.1, -0.05) is 0 Å². The van der Waals surface area contributed by atoms with Crippen LogP contribution in [0.3, 0.4) is 0 Å². The number of aliphatic hydroxyl groups excluding tert-OH is 1. The summed E-state index contributed by atoms with van der Waals surface area (Å²) in [6.07, 6.45) is 1.24. The smallest absolute Gasteiger partial charge is 0.283 e. The molecule has 40 heavy (non-hydrogen) atoms. The first-order chi connectivity index (χ1) is 19.0. The number of alkyl halides is 3. The van der Waals surface area contributed by atoms with Gasteiger partial charge in [0, 0.05) is 65.6 Å². The Morgan fingerprint density at radius 2 is 1.75 bits per heavy atom. The molecule has 3 aromatic rings. The van der Waals surface area contributed by atoms with Crippen LogP contribution < -0.4 is 5.32 Å². The number of H-pyrrole nitrogens is 1. The number of likely N-dealkylation sites (tertiary alicyclic amines) is 1. The third-order valence-electron chi connectivity index (χ3n) is 7.90. The predicted octanol–water partition coefficient (Wildman–Crippen LogP) is 5.53. The van der Waals surface area contributed by atoms with E-state index >= 15 is 8.78 Å². The summed E-state index contributed by atoms with van der Waals surface area (Å²) in [4.78, 5) is 6.16. The Balaban J connectivity index is 1.54. The Morgan fingerprint density at radius 3 is 2.42 bits per heavy atom. The number of aromatic nitrogens is 1. The van der Waals surface area contributed by atoms with E-state index in [1.54, 1.807) is 6.92 Å². The molecule has 2 aliphatic heterocycles. The van der Waals surface area contributed by atoms with Crippen molar-refractivity contribution in [3.8, 4) is 0 Å². The molecule has 218 valence electrons. The third kappa shape index (κ3) is 5.53.